The monoisotopic (exact) mass is 366 g/mol. The van der Waals surface area contributed by atoms with E-state index in [2.05, 4.69) is 5.32 Å². The smallest absolute Gasteiger partial charge is 0.247 e. The lowest BCUT2D eigenvalue weighted by molar-refractivity contribution is -0.116. The summed E-state index contributed by atoms with van der Waals surface area (Å²) in [5, 5.41) is 3.12. The molecule has 7 heteroatoms. The quantitative estimate of drug-likeness (QED) is 0.881. The standard InChI is InChI=1S/C17H19ClN2O3S/c1-12-9-10-14(18)11-16(12)20(24(3,22)23)13(2)17(21)19-15-7-5-4-6-8-15/h4-11,13H,1-3H3,(H,19,21)/t13-/m0/s1. The first kappa shape index (κ1) is 18.3. The van der Waals surface area contributed by atoms with Crippen LogP contribution in [-0.2, 0) is 14.8 Å². The number of hydrogen-bond donors (Lipinski definition) is 1. The third-order valence-corrected chi connectivity index (χ3v) is 5.00. The van der Waals surface area contributed by atoms with E-state index in [1.54, 1.807) is 56.3 Å². The van der Waals surface area contributed by atoms with Gasteiger partial charge in [-0.3, -0.25) is 9.10 Å². The highest BCUT2D eigenvalue weighted by molar-refractivity contribution is 7.92. The number of nitrogens with zero attached hydrogens (tertiary/aromatic N) is 1. The van der Waals surface area contributed by atoms with Crippen LogP contribution in [0.1, 0.15) is 12.5 Å². The van der Waals surface area contributed by atoms with Crippen LogP contribution in [0, 0.1) is 6.92 Å². The van der Waals surface area contributed by atoms with Gasteiger partial charge in [0.2, 0.25) is 15.9 Å². The third-order valence-electron chi connectivity index (χ3n) is 3.54. The van der Waals surface area contributed by atoms with Crippen molar-refractivity contribution >= 4 is 38.9 Å². The van der Waals surface area contributed by atoms with Crippen molar-refractivity contribution in [1.29, 1.82) is 0 Å². The average molecular weight is 367 g/mol. The van der Waals surface area contributed by atoms with Crippen LogP contribution in [0.15, 0.2) is 48.5 Å². The fourth-order valence-corrected chi connectivity index (χ4v) is 3.76. The van der Waals surface area contributed by atoms with Crippen molar-refractivity contribution in [3.05, 3.63) is 59.1 Å². The fourth-order valence-electron chi connectivity index (χ4n) is 2.37. The van der Waals surface area contributed by atoms with Gasteiger partial charge in [0, 0.05) is 10.7 Å². The largest absolute Gasteiger partial charge is 0.324 e. The van der Waals surface area contributed by atoms with Crippen LogP contribution >= 0.6 is 11.6 Å². The van der Waals surface area contributed by atoms with Crippen molar-refractivity contribution in [2.24, 2.45) is 0 Å². The number of para-hydroxylation sites is 1. The maximum atomic E-state index is 12.5. The number of aryl methyl sites for hydroxylation is 1. The Morgan fingerprint density at radius 2 is 1.79 bits per heavy atom. The molecule has 0 bridgehead atoms. The number of rotatable bonds is 5. The number of halogens is 1. The summed E-state index contributed by atoms with van der Waals surface area (Å²) in [5.74, 6) is -0.425. The van der Waals surface area contributed by atoms with E-state index in [9.17, 15) is 13.2 Å². The number of benzene rings is 2. The highest BCUT2D eigenvalue weighted by atomic mass is 35.5. The Morgan fingerprint density at radius 3 is 2.38 bits per heavy atom. The fraction of sp³-hybridized carbons (Fsp3) is 0.235. The molecule has 0 saturated heterocycles. The molecule has 1 N–H and O–H groups in total. The van der Waals surface area contributed by atoms with Crippen LogP contribution in [-0.4, -0.2) is 26.6 Å². The van der Waals surface area contributed by atoms with Gasteiger partial charge in [0.05, 0.1) is 11.9 Å². The predicted molar refractivity (Wildman–Crippen MR) is 98.0 cm³/mol. The summed E-state index contributed by atoms with van der Waals surface area (Å²) in [7, 11) is -3.68. The molecule has 2 aromatic carbocycles. The summed E-state index contributed by atoms with van der Waals surface area (Å²) in [6.45, 7) is 3.31. The molecule has 128 valence electrons. The van der Waals surface area contributed by atoms with Crippen molar-refractivity contribution < 1.29 is 13.2 Å². The number of carbonyl (C=O) groups is 1. The molecule has 2 rings (SSSR count). The van der Waals surface area contributed by atoms with Crippen LogP contribution in [0.3, 0.4) is 0 Å². The lowest BCUT2D eigenvalue weighted by atomic mass is 10.1. The molecule has 0 aliphatic rings. The predicted octanol–water partition coefficient (Wildman–Crippen LogP) is 3.44. The van der Waals surface area contributed by atoms with E-state index in [1.807, 2.05) is 6.07 Å². The molecule has 0 heterocycles. The summed E-state index contributed by atoms with van der Waals surface area (Å²) in [6, 6.07) is 12.9. The molecular weight excluding hydrogens is 348 g/mol. The minimum absolute atomic E-state index is 0.390. The molecule has 2 aromatic rings. The van der Waals surface area contributed by atoms with Gasteiger partial charge >= 0.3 is 0 Å². The highest BCUT2D eigenvalue weighted by Crippen LogP contribution is 2.28. The Morgan fingerprint density at radius 1 is 1.17 bits per heavy atom. The van der Waals surface area contributed by atoms with Crippen molar-refractivity contribution in [2.45, 2.75) is 19.9 Å². The van der Waals surface area contributed by atoms with Gasteiger partial charge in [-0.25, -0.2) is 8.42 Å². The molecule has 0 saturated carbocycles. The van der Waals surface area contributed by atoms with E-state index in [-0.39, 0.29) is 0 Å². The second-order valence-corrected chi connectivity index (χ2v) is 7.82. The lowest BCUT2D eigenvalue weighted by Crippen LogP contribution is -2.45. The molecule has 24 heavy (non-hydrogen) atoms. The normalized spacial score (nSPS) is 12.5. The maximum Gasteiger partial charge on any atom is 0.247 e. The van der Waals surface area contributed by atoms with Crippen LogP contribution in [0.4, 0.5) is 11.4 Å². The van der Waals surface area contributed by atoms with E-state index in [0.29, 0.717) is 22.0 Å². The highest BCUT2D eigenvalue weighted by Gasteiger charge is 2.30. The minimum atomic E-state index is -3.68. The van der Waals surface area contributed by atoms with Crippen molar-refractivity contribution in [2.75, 3.05) is 15.9 Å². The second kappa shape index (κ2) is 7.23. The Kier molecular flexibility index (Phi) is 5.51. The molecule has 1 amide bonds. The Bertz CT molecular complexity index is 838. The van der Waals surface area contributed by atoms with Gasteiger partial charge < -0.3 is 5.32 Å². The van der Waals surface area contributed by atoms with E-state index in [4.69, 9.17) is 11.6 Å². The summed E-state index contributed by atoms with van der Waals surface area (Å²) < 4.78 is 25.7. The summed E-state index contributed by atoms with van der Waals surface area (Å²) in [4.78, 5) is 12.5. The zero-order valence-electron chi connectivity index (χ0n) is 13.7. The van der Waals surface area contributed by atoms with Gasteiger partial charge in [-0.05, 0) is 43.7 Å². The Balaban J connectivity index is 2.38. The number of amides is 1. The Labute approximate surface area is 147 Å². The molecule has 0 unspecified atom stereocenters. The molecule has 5 nitrogen and oxygen atoms in total. The summed E-state index contributed by atoms with van der Waals surface area (Å²) in [6.07, 6.45) is 1.07. The second-order valence-electron chi connectivity index (χ2n) is 5.52. The van der Waals surface area contributed by atoms with Gasteiger partial charge in [-0.1, -0.05) is 35.9 Å². The van der Waals surface area contributed by atoms with Crippen LogP contribution in [0.5, 0.6) is 0 Å². The topological polar surface area (TPSA) is 66.5 Å². The number of hydrogen-bond acceptors (Lipinski definition) is 3. The molecule has 0 aliphatic carbocycles. The number of carbonyl (C=O) groups excluding carboxylic acids is 1. The molecule has 0 aromatic heterocycles. The molecule has 0 fully saturated rings. The average Bonchev–Trinajstić information content (AvgIpc) is 2.50. The molecule has 0 spiro atoms. The van der Waals surface area contributed by atoms with Gasteiger partial charge in [0.1, 0.15) is 6.04 Å². The van der Waals surface area contributed by atoms with E-state index >= 15 is 0 Å². The zero-order chi connectivity index (χ0) is 17.9. The van der Waals surface area contributed by atoms with E-state index in [1.165, 1.54) is 0 Å². The van der Waals surface area contributed by atoms with Gasteiger partial charge in [-0.2, -0.15) is 0 Å². The molecule has 0 radical (unpaired) electrons. The van der Waals surface area contributed by atoms with Gasteiger partial charge in [-0.15, -0.1) is 0 Å². The van der Waals surface area contributed by atoms with Crippen LogP contribution in [0.25, 0.3) is 0 Å². The zero-order valence-corrected chi connectivity index (χ0v) is 15.2. The summed E-state index contributed by atoms with van der Waals surface area (Å²) >= 11 is 6.00. The SMILES string of the molecule is Cc1ccc(Cl)cc1N([C@@H](C)C(=O)Nc1ccccc1)S(C)(=O)=O. The van der Waals surface area contributed by atoms with Crippen LogP contribution in [0.2, 0.25) is 5.02 Å². The molecule has 1 atom stereocenters. The van der Waals surface area contributed by atoms with Crippen LogP contribution < -0.4 is 9.62 Å². The van der Waals surface area contributed by atoms with Gasteiger partial charge in [0.15, 0.2) is 0 Å². The van der Waals surface area contributed by atoms with Crippen molar-refractivity contribution in [3.63, 3.8) is 0 Å². The number of anilines is 2. The first-order valence-corrected chi connectivity index (χ1v) is 9.54. The summed E-state index contributed by atoms with van der Waals surface area (Å²) in [5.41, 5.74) is 1.70. The number of sulfonamides is 1. The maximum absolute atomic E-state index is 12.5. The van der Waals surface area contributed by atoms with E-state index < -0.39 is 22.0 Å². The Hall–Kier alpha value is -2.05. The first-order chi connectivity index (χ1) is 11.2. The number of nitrogens with one attached hydrogen (secondary N) is 1. The third kappa shape index (κ3) is 4.27. The van der Waals surface area contributed by atoms with Gasteiger partial charge in [0.25, 0.3) is 0 Å². The van der Waals surface area contributed by atoms with Crippen molar-refractivity contribution in [3.8, 4) is 0 Å². The van der Waals surface area contributed by atoms with Crippen molar-refractivity contribution in [1.82, 2.24) is 0 Å². The lowest BCUT2D eigenvalue weighted by Gasteiger charge is -2.29. The molecule has 0 aliphatic heterocycles. The van der Waals surface area contributed by atoms with E-state index in [0.717, 1.165) is 10.6 Å². The minimum Gasteiger partial charge on any atom is -0.324 e. The molecular formula is C17H19ClN2O3S. The first-order valence-electron chi connectivity index (χ1n) is 7.31.